The summed E-state index contributed by atoms with van der Waals surface area (Å²) in [7, 11) is 2.12. The first-order valence-corrected chi connectivity index (χ1v) is 12.5. The highest BCUT2D eigenvalue weighted by molar-refractivity contribution is 7.99. The summed E-state index contributed by atoms with van der Waals surface area (Å²) in [5.41, 5.74) is 0.628. The van der Waals surface area contributed by atoms with Crippen molar-refractivity contribution in [2.24, 2.45) is 0 Å². The highest BCUT2D eigenvalue weighted by Crippen LogP contribution is 2.28. The van der Waals surface area contributed by atoms with Gasteiger partial charge in [-0.15, -0.1) is 11.3 Å². The van der Waals surface area contributed by atoms with E-state index in [1.807, 2.05) is 51.2 Å². The summed E-state index contributed by atoms with van der Waals surface area (Å²) < 4.78 is 0. The molecule has 0 atom stereocenters. The fraction of sp³-hybridized carbons (Fsp3) is 0.409. The molecule has 9 nitrogen and oxygen atoms in total. The molecule has 1 aliphatic rings. The number of aryl methyl sites for hydroxylation is 1. The minimum Gasteiger partial charge on any atom is -0.350 e. The molecule has 1 aromatic carbocycles. The van der Waals surface area contributed by atoms with Gasteiger partial charge in [0, 0.05) is 53.8 Å². The number of carbonyl (C=O) groups excluding carboxylic acids is 1. The first kappa shape index (κ1) is 23.4. The van der Waals surface area contributed by atoms with E-state index >= 15 is 0 Å². The fourth-order valence-electron chi connectivity index (χ4n) is 3.23. The van der Waals surface area contributed by atoms with Crippen molar-refractivity contribution >= 4 is 46.0 Å². The van der Waals surface area contributed by atoms with Crippen LogP contribution in [0.2, 0.25) is 0 Å². The lowest BCUT2D eigenvalue weighted by molar-refractivity contribution is 0.0943. The van der Waals surface area contributed by atoms with Crippen LogP contribution in [0, 0.1) is 6.92 Å². The van der Waals surface area contributed by atoms with Crippen LogP contribution in [0.3, 0.4) is 0 Å². The third kappa shape index (κ3) is 6.40. The third-order valence-corrected chi connectivity index (χ3v) is 6.68. The van der Waals surface area contributed by atoms with E-state index in [9.17, 15) is 4.79 Å². The van der Waals surface area contributed by atoms with E-state index in [1.54, 1.807) is 11.3 Å². The van der Waals surface area contributed by atoms with Crippen molar-refractivity contribution in [2.75, 3.05) is 43.4 Å². The standard InChI is InChI=1S/C22H28N8OS2/c1-14(2)24-18(31)16-5-7-17(8-6-16)33-22-27-19(26-21-23-13-15(3)32-21)25-20(28-22)30-11-9-29(4)10-12-30/h5-8,13-14H,9-12H2,1-4H3,(H,24,31)(H,23,25,26,27,28). The van der Waals surface area contributed by atoms with Gasteiger partial charge in [0.05, 0.1) is 0 Å². The zero-order chi connectivity index (χ0) is 23.4. The molecule has 3 aromatic rings. The monoisotopic (exact) mass is 484 g/mol. The molecular formula is C22H28N8OS2. The fourth-order valence-corrected chi connectivity index (χ4v) is 4.63. The molecule has 0 aliphatic carbocycles. The molecular weight excluding hydrogens is 456 g/mol. The summed E-state index contributed by atoms with van der Waals surface area (Å²) in [5, 5.41) is 7.47. The van der Waals surface area contributed by atoms with E-state index in [0.29, 0.717) is 22.6 Å². The second kappa shape index (κ2) is 10.4. The lowest BCUT2D eigenvalue weighted by Gasteiger charge is -2.32. The van der Waals surface area contributed by atoms with E-state index in [1.165, 1.54) is 11.8 Å². The number of nitrogens with zero attached hydrogens (tertiary/aromatic N) is 6. The number of piperazine rings is 1. The quantitative estimate of drug-likeness (QED) is 0.522. The number of anilines is 3. The zero-order valence-corrected chi connectivity index (χ0v) is 20.8. The van der Waals surface area contributed by atoms with Crippen molar-refractivity contribution in [3.8, 4) is 0 Å². The van der Waals surface area contributed by atoms with Gasteiger partial charge in [0.15, 0.2) is 10.3 Å². The lowest BCUT2D eigenvalue weighted by atomic mass is 10.2. The second-order valence-electron chi connectivity index (χ2n) is 8.19. The number of hydrogen-bond donors (Lipinski definition) is 2. The van der Waals surface area contributed by atoms with Gasteiger partial charge in [-0.2, -0.15) is 15.0 Å². The number of aromatic nitrogens is 4. The molecule has 0 saturated carbocycles. The number of rotatable bonds is 7. The van der Waals surface area contributed by atoms with Crippen LogP contribution in [0.4, 0.5) is 17.0 Å². The van der Waals surface area contributed by atoms with E-state index in [4.69, 9.17) is 4.98 Å². The summed E-state index contributed by atoms with van der Waals surface area (Å²) in [4.78, 5) is 37.1. The number of carbonyl (C=O) groups is 1. The number of benzene rings is 1. The summed E-state index contributed by atoms with van der Waals surface area (Å²) >= 11 is 3.00. The number of likely N-dealkylation sites (N-methyl/N-ethyl adjacent to an activating group) is 1. The normalized spacial score (nSPS) is 14.5. The maximum Gasteiger partial charge on any atom is 0.251 e. The minimum absolute atomic E-state index is 0.0794. The Morgan fingerprint density at radius 3 is 2.45 bits per heavy atom. The van der Waals surface area contributed by atoms with E-state index in [0.717, 1.165) is 41.1 Å². The Hall–Kier alpha value is -2.76. The number of thiazole rings is 1. The molecule has 1 aliphatic heterocycles. The Bertz CT molecular complexity index is 1090. The summed E-state index contributed by atoms with van der Waals surface area (Å²) in [6.07, 6.45) is 1.82. The van der Waals surface area contributed by atoms with Gasteiger partial charge in [0.25, 0.3) is 5.91 Å². The van der Waals surface area contributed by atoms with Gasteiger partial charge in [0.2, 0.25) is 11.9 Å². The van der Waals surface area contributed by atoms with Crippen molar-refractivity contribution in [1.29, 1.82) is 0 Å². The number of amides is 1. The Balaban J connectivity index is 1.56. The molecule has 0 radical (unpaired) electrons. The average Bonchev–Trinajstić information content (AvgIpc) is 3.18. The van der Waals surface area contributed by atoms with Crippen molar-refractivity contribution in [3.05, 3.63) is 40.9 Å². The smallest absolute Gasteiger partial charge is 0.251 e. The number of nitrogens with one attached hydrogen (secondary N) is 2. The first-order valence-electron chi connectivity index (χ1n) is 10.8. The Labute approximate surface area is 202 Å². The predicted molar refractivity (Wildman–Crippen MR) is 133 cm³/mol. The SMILES string of the molecule is Cc1cnc(Nc2nc(Sc3ccc(C(=O)NC(C)C)cc3)nc(N3CCN(C)CC3)n2)s1. The molecule has 2 aromatic heterocycles. The van der Waals surface area contributed by atoms with Crippen molar-refractivity contribution in [1.82, 2.24) is 30.2 Å². The van der Waals surface area contributed by atoms with Gasteiger partial charge >= 0.3 is 0 Å². The zero-order valence-electron chi connectivity index (χ0n) is 19.2. The topological polar surface area (TPSA) is 99.2 Å². The minimum atomic E-state index is -0.0794. The molecule has 4 rings (SSSR count). The van der Waals surface area contributed by atoms with Crippen LogP contribution in [-0.2, 0) is 0 Å². The summed E-state index contributed by atoms with van der Waals surface area (Å²) in [6.45, 7) is 9.54. The highest BCUT2D eigenvalue weighted by Gasteiger charge is 2.19. The maximum absolute atomic E-state index is 12.2. The van der Waals surface area contributed by atoms with Crippen LogP contribution >= 0.6 is 23.1 Å². The van der Waals surface area contributed by atoms with Gasteiger partial charge in [-0.25, -0.2) is 4.98 Å². The van der Waals surface area contributed by atoms with Gasteiger partial charge in [-0.3, -0.25) is 10.1 Å². The molecule has 0 spiro atoms. The van der Waals surface area contributed by atoms with Crippen LogP contribution in [-0.4, -0.2) is 70.0 Å². The lowest BCUT2D eigenvalue weighted by Crippen LogP contribution is -2.45. The largest absolute Gasteiger partial charge is 0.350 e. The maximum atomic E-state index is 12.2. The molecule has 0 unspecified atom stereocenters. The Morgan fingerprint density at radius 1 is 1.09 bits per heavy atom. The van der Waals surface area contributed by atoms with Crippen LogP contribution in [0.5, 0.6) is 0 Å². The van der Waals surface area contributed by atoms with Crippen LogP contribution in [0.25, 0.3) is 0 Å². The third-order valence-electron chi connectivity index (χ3n) is 4.97. The molecule has 1 fully saturated rings. The van der Waals surface area contributed by atoms with Gasteiger partial charge in [0.1, 0.15) is 0 Å². The molecule has 1 saturated heterocycles. The molecule has 3 heterocycles. The predicted octanol–water partition coefficient (Wildman–Crippen LogP) is 3.42. The summed E-state index contributed by atoms with van der Waals surface area (Å²) in [5.74, 6) is 1.05. The highest BCUT2D eigenvalue weighted by atomic mass is 32.2. The van der Waals surface area contributed by atoms with Gasteiger partial charge in [-0.05, 0) is 63.8 Å². The van der Waals surface area contributed by atoms with Crippen LogP contribution in [0.1, 0.15) is 29.1 Å². The van der Waals surface area contributed by atoms with E-state index in [2.05, 4.69) is 42.4 Å². The second-order valence-corrected chi connectivity index (χ2v) is 10.5. The average molecular weight is 485 g/mol. The Kier molecular flexibility index (Phi) is 7.41. The molecule has 1 amide bonds. The molecule has 2 N–H and O–H groups in total. The molecule has 0 bridgehead atoms. The van der Waals surface area contributed by atoms with Crippen LogP contribution < -0.4 is 15.5 Å². The molecule has 174 valence electrons. The van der Waals surface area contributed by atoms with Crippen molar-refractivity contribution in [3.63, 3.8) is 0 Å². The van der Waals surface area contributed by atoms with Crippen molar-refractivity contribution < 1.29 is 4.79 Å². The Morgan fingerprint density at radius 2 is 1.82 bits per heavy atom. The molecule has 33 heavy (non-hydrogen) atoms. The number of hydrogen-bond acceptors (Lipinski definition) is 10. The van der Waals surface area contributed by atoms with Gasteiger partial charge in [-0.1, -0.05) is 0 Å². The van der Waals surface area contributed by atoms with E-state index in [-0.39, 0.29) is 11.9 Å². The van der Waals surface area contributed by atoms with Gasteiger partial charge < -0.3 is 15.1 Å². The van der Waals surface area contributed by atoms with E-state index < -0.39 is 0 Å². The van der Waals surface area contributed by atoms with Crippen LogP contribution in [0.15, 0.2) is 40.5 Å². The first-order chi connectivity index (χ1) is 15.9. The van der Waals surface area contributed by atoms with Crippen molar-refractivity contribution in [2.45, 2.75) is 36.9 Å². The summed E-state index contributed by atoms with van der Waals surface area (Å²) in [6, 6.07) is 7.56. The molecule has 11 heteroatoms.